The lowest BCUT2D eigenvalue weighted by Gasteiger charge is -2.10. The second-order valence-electron chi connectivity index (χ2n) is 7.31. The highest BCUT2D eigenvalue weighted by Gasteiger charge is 2.13. The average molecular weight is 470 g/mol. The van der Waals surface area contributed by atoms with Crippen molar-refractivity contribution in [2.75, 3.05) is 7.11 Å². The summed E-state index contributed by atoms with van der Waals surface area (Å²) in [6, 6.07) is 12.5. The van der Waals surface area contributed by atoms with Crippen LogP contribution in [0, 0.1) is 6.92 Å². The first kappa shape index (κ1) is 22.3. The second-order valence-corrected chi connectivity index (χ2v) is 7.74. The van der Waals surface area contributed by atoms with Gasteiger partial charge in [0.1, 0.15) is 5.52 Å². The molecule has 170 valence electrons. The van der Waals surface area contributed by atoms with E-state index in [4.69, 9.17) is 16.0 Å². The zero-order valence-corrected chi connectivity index (χ0v) is 18.6. The molecule has 11 heteroatoms. The third-order valence-electron chi connectivity index (χ3n) is 4.95. The molecule has 0 bridgehead atoms. The van der Waals surface area contributed by atoms with Crippen LogP contribution < -0.4 is 17.0 Å². The third kappa shape index (κ3) is 4.96. The van der Waals surface area contributed by atoms with Crippen LogP contribution in [-0.2, 0) is 22.6 Å². The molecule has 2 aromatic carbocycles. The van der Waals surface area contributed by atoms with Gasteiger partial charge in [-0.1, -0.05) is 41.4 Å². The van der Waals surface area contributed by atoms with Gasteiger partial charge < -0.3 is 9.15 Å². The Kier molecular flexibility index (Phi) is 6.27. The molecule has 0 radical (unpaired) electrons. The van der Waals surface area contributed by atoms with E-state index >= 15 is 0 Å². The minimum absolute atomic E-state index is 0.0439. The van der Waals surface area contributed by atoms with E-state index in [9.17, 15) is 14.4 Å². The summed E-state index contributed by atoms with van der Waals surface area (Å²) in [4.78, 5) is 48.5. The van der Waals surface area contributed by atoms with Crippen LogP contribution in [0.15, 0.2) is 61.5 Å². The smallest absolute Gasteiger partial charge is 0.335 e. The molecule has 4 aromatic rings. The fraction of sp³-hybridized carbons (Fsp3) is 0.227. The van der Waals surface area contributed by atoms with Crippen molar-refractivity contribution in [1.29, 1.82) is 0 Å². The van der Waals surface area contributed by atoms with Crippen LogP contribution in [0.2, 0.25) is 5.02 Å². The molecule has 4 rings (SSSR count). The van der Waals surface area contributed by atoms with E-state index in [-0.39, 0.29) is 31.1 Å². The number of carbonyl (C=O) groups excluding carboxylic acids is 1. The summed E-state index contributed by atoms with van der Waals surface area (Å²) >= 11 is 5.99. The fourth-order valence-electron chi connectivity index (χ4n) is 3.19. The van der Waals surface area contributed by atoms with Crippen LogP contribution in [-0.4, -0.2) is 32.2 Å². The van der Waals surface area contributed by atoms with E-state index in [0.717, 1.165) is 15.7 Å². The number of hydrogen-bond acceptors (Lipinski definition) is 7. The first-order valence-electron chi connectivity index (χ1n) is 10.0. The number of H-pyrrole nitrogens is 1. The van der Waals surface area contributed by atoms with Crippen molar-refractivity contribution >= 4 is 34.7 Å². The number of aromatic amines is 1. The molecule has 2 aromatic heterocycles. The summed E-state index contributed by atoms with van der Waals surface area (Å²) < 4.78 is 12.4. The van der Waals surface area contributed by atoms with Gasteiger partial charge in [-0.15, -0.1) is 0 Å². The number of hydrogen-bond donors (Lipinski definition) is 1. The van der Waals surface area contributed by atoms with E-state index < -0.39 is 17.3 Å². The van der Waals surface area contributed by atoms with Gasteiger partial charge in [0.15, 0.2) is 5.58 Å². The molecule has 0 fully saturated rings. The lowest BCUT2D eigenvalue weighted by Crippen LogP contribution is -2.50. The number of rotatable bonds is 6. The van der Waals surface area contributed by atoms with Crippen molar-refractivity contribution in [3.05, 3.63) is 85.2 Å². The number of methoxy groups -OCH3 is 1. The lowest BCUT2D eigenvalue weighted by atomic mass is 10.1. The summed E-state index contributed by atoms with van der Waals surface area (Å²) in [6.07, 6.45) is -0.133. The van der Waals surface area contributed by atoms with Crippen LogP contribution >= 0.6 is 11.6 Å². The van der Waals surface area contributed by atoms with Gasteiger partial charge in [-0.05, 0) is 24.6 Å². The standard InChI is InChI=1S/C22H20ClN5O5/c1-13-3-5-14(6-4-13)12-28-19(25-20-24-16-8-7-15(23)11-17(16)33-20)26-21(30)27(22(28)31)10-9-18(29)32-2/h3-8,11H,9-10,12H2,1-2H3,(H,24,25,26,30). The van der Waals surface area contributed by atoms with Crippen LogP contribution in [0.5, 0.6) is 0 Å². The zero-order chi connectivity index (χ0) is 23.5. The van der Waals surface area contributed by atoms with Gasteiger partial charge in [0.2, 0.25) is 5.62 Å². The summed E-state index contributed by atoms with van der Waals surface area (Å²) in [5.74, 6) is -0.537. The summed E-state index contributed by atoms with van der Waals surface area (Å²) in [5, 5.41) is 0.473. The van der Waals surface area contributed by atoms with Crippen molar-refractivity contribution in [2.45, 2.75) is 26.4 Å². The lowest BCUT2D eigenvalue weighted by molar-refractivity contribution is -0.140. The molecule has 2 heterocycles. The second kappa shape index (κ2) is 9.29. The van der Waals surface area contributed by atoms with Gasteiger partial charge in [0.25, 0.3) is 0 Å². The molecule has 0 aliphatic carbocycles. The highest BCUT2D eigenvalue weighted by molar-refractivity contribution is 6.31. The summed E-state index contributed by atoms with van der Waals surface area (Å²) in [6.45, 7) is 1.94. The molecule has 0 aliphatic heterocycles. The molecule has 0 spiro atoms. The Bertz CT molecular complexity index is 1510. The van der Waals surface area contributed by atoms with Gasteiger partial charge in [-0.25, -0.2) is 14.2 Å². The van der Waals surface area contributed by atoms with E-state index in [1.54, 1.807) is 18.2 Å². The Morgan fingerprint density at radius 3 is 2.67 bits per heavy atom. The molecule has 0 atom stereocenters. The number of aryl methyl sites for hydroxylation is 1. The van der Waals surface area contributed by atoms with Crippen molar-refractivity contribution in [2.24, 2.45) is 4.99 Å². The zero-order valence-electron chi connectivity index (χ0n) is 17.9. The molecule has 1 N–H and O–H groups in total. The predicted molar refractivity (Wildman–Crippen MR) is 120 cm³/mol. The first-order chi connectivity index (χ1) is 15.8. The van der Waals surface area contributed by atoms with Gasteiger partial charge in [0, 0.05) is 17.6 Å². The molecule has 0 saturated carbocycles. The minimum atomic E-state index is -0.720. The Morgan fingerprint density at radius 1 is 1.18 bits per heavy atom. The molecule has 0 aliphatic rings. The molecule has 10 nitrogen and oxygen atoms in total. The number of nitrogens with one attached hydrogen (secondary N) is 1. The quantitative estimate of drug-likeness (QED) is 0.432. The minimum Gasteiger partial charge on any atom is -0.469 e. The maximum atomic E-state index is 13.2. The fourth-order valence-corrected chi connectivity index (χ4v) is 3.35. The number of benzene rings is 2. The highest BCUT2D eigenvalue weighted by atomic mass is 35.5. The third-order valence-corrected chi connectivity index (χ3v) is 5.19. The number of oxazole rings is 1. The maximum Gasteiger partial charge on any atom is 0.335 e. The van der Waals surface area contributed by atoms with E-state index in [1.165, 1.54) is 11.7 Å². The Labute approximate surface area is 191 Å². The van der Waals surface area contributed by atoms with Crippen molar-refractivity contribution in [3.63, 3.8) is 0 Å². The topological polar surface area (TPSA) is 124 Å². The molecular weight excluding hydrogens is 450 g/mol. The van der Waals surface area contributed by atoms with Crippen LogP contribution in [0.4, 0.5) is 6.01 Å². The monoisotopic (exact) mass is 469 g/mol. The van der Waals surface area contributed by atoms with Crippen LogP contribution in [0.25, 0.3) is 11.1 Å². The number of ether oxygens (including phenoxy) is 1. The molecule has 0 amide bonds. The molecular formula is C22H20ClN5O5. The van der Waals surface area contributed by atoms with Gasteiger partial charge in [-0.2, -0.15) is 9.98 Å². The Morgan fingerprint density at radius 2 is 1.94 bits per heavy atom. The van der Waals surface area contributed by atoms with Gasteiger partial charge in [0.05, 0.1) is 20.1 Å². The van der Waals surface area contributed by atoms with Crippen molar-refractivity contribution in [1.82, 2.24) is 19.1 Å². The first-order valence-corrected chi connectivity index (χ1v) is 10.4. The number of halogens is 1. The number of carbonyl (C=O) groups is 1. The SMILES string of the molecule is COC(=O)CCn1c(=O)[nH]/c(=N\c2nc3ccc(Cl)cc3o2)n(Cc2ccc(C)cc2)c1=O. The van der Waals surface area contributed by atoms with Gasteiger partial charge in [-0.3, -0.25) is 14.3 Å². The Hall–Kier alpha value is -3.92. The number of nitrogens with zero attached hydrogens (tertiary/aromatic N) is 4. The molecule has 0 unspecified atom stereocenters. The number of aromatic nitrogens is 4. The predicted octanol–water partition coefficient (Wildman–Crippen LogP) is 2.28. The van der Waals surface area contributed by atoms with Crippen LogP contribution in [0.1, 0.15) is 17.5 Å². The normalized spacial score (nSPS) is 11.8. The van der Waals surface area contributed by atoms with Crippen molar-refractivity contribution < 1.29 is 13.9 Å². The number of esters is 1. The largest absolute Gasteiger partial charge is 0.469 e. The van der Waals surface area contributed by atoms with E-state index in [0.29, 0.717) is 16.1 Å². The summed E-state index contributed by atoms with van der Waals surface area (Å²) in [7, 11) is 1.24. The van der Waals surface area contributed by atoms with E-state index in [1.807, 2.05) is 31.2 Å². The van der Waals surface area contributed by atoms with Gasteiger partial charge >= 0.3 is 23.4 Å². The Balaban J connectivity index is 1.85. The average Bonchev–Trinajstić information content (AvgIpc) is 3.18. The number of fused-ring (bicyclic) bond motifs is 1. The van der Waals surface area contributed by atoms with E-state index in [2.05, 4.69) is 19.7 Å². The highest BCUT2D eigenvalue weighted by Crippen LogP contribution is 2.23. The summed E-state index contributed by atoms with van der Waals surface area (Å²) in [5.41, 5.74) is 1.42. The van der Waals surface area contributed by atoms with Crippen molar-refractivity contribution in [3.8, 4) is 0 Å². The van der Waals surface area contributed by atoms with Crippen LogP contribution in [0.3, 0.4) is 0 Å². The molecule has 33 heavy (non-hydrogen) atoms. The maximum absolute atomic E-state index is 13.2. The molecule has 0 saturated heterocycles.